The number of ether oxygens (including phenoxy) is 2. The number of hydrogen-bond donors (Lipinski definition) is 6. The van der Waals surface area contributed by atoms with Crippen molar-refractivity contribution in [3.05, 3.63) is 63.7 Å². The molecule has 3 rings (SSSR count). The third kappa shape index (κ3) is 15.8. The van der Waals surface area contributed by atoms with Gasteiger partial charge in [-0.1, -0.05) is 0 Å². The van der Waals surface area contributed by atoms with Gasteiger partial charge in [0.25, 0.3) is 0 Å². The average Bonchev–Trinajstić information content (AvgIpc) is 3.69. The number of nitrogens with one attached hydrogen (secondary N) is 4. The van der Waals surface area contributed by atoms with Crippen LogP contribution in [-0.2, 0) is 46.1 Å². The molecule has 0 saturated carbocycles. The van der Waals surface area contributed by atoms with Gasteiger partial charge in [-0.3, -0.25) is 0 Å². The number of aryl methyl sites for hydroxylation is 3. The van der Waals surface area contributed by atoms with Crippen LogP contribution in [0, 0.1) is 41.5 Å². The molecule has 66 heavy (non-hydrogen) atoms. The Labute approximate surface area is 388 Å². The molecule has 0 fully saturated rings. The summed E-state index contributed by atoms with van der Waals surface area (Å²) < 4.78 is 89.8. The number of aromatic nitrogens is 2. The maximum absolute atomic E-state index is 12.9. The van der Waals surface area contributed by atoms with Gasteiger partial charge >= 0.3 is 290 Å². The smallest absolute Gasteiger partial charge is 0.0380 e. The van der Waals surface area contributed by atoms with Crippen LogP contribution in [0.3, 0.4) is 0 Å². The zero-order chi connectivity index (χ0) is 49.9. The predicted molar refractivity (Wildman–Crippen MR) is 250 cm³/mol. The molecular formula is C40H63B2N11O11S2. The molecular weight excluding hydrogens is 896 g/mol. The van der Waals surface area contributed by atoms with Crippen LogP contribution in [0.25, 0.3) is 0 Å². The molecule has 0 aliphatic rings. The molecule has 362 valence electrons. The van der Waals surface area contributed by atoms with Gasteiger partial charge in [0.2, 0.25) is 0 Å². The fourth-order valence-electron chi connectivity index (χ4n) is 6.81. The number of ketones is 1. The molecule has 0 radical (unpaired) electrons. The van der Waals surface area contributed by atoms with Gasteiger partial charge < -0.3 is 9.47 Å². The van der Waals surface area contributed by atoms with Crippen molar-refractivity contribution >= 4 is 58.0 Å². The Kier molecular flexibility index (Phi) is 22.8. The van der Waals surface area contributed by atoms with Crippen LogP contribution in [0.4, 0.5) is 0 Å². The number of guanidine groups is 2. The van der Waals surface area contributed by atoms with Crippen LogP contribution in [0.15, 0.2) is 44.3 Å². The summed E-state index contributed by atoms with van der Waals surface area (Å²) in [5.74, 6) is 0.399. The van der Waals surface area contributed by atoms with Gasteiger partial charge in [-0.25, -0.2) is 0 Å². The number of Topliss-reactive ketones (excluding diaryl/α,β-unsaturated/α-hetero) is 1. The molecule has 1 aromatic heterocycles. The van der Waals surface area contributed by atoms with Crippen LogP contribution in [-0.4, -0.2) is 136 Å². The van der Waals surface area contributed by atoms with E-state index in [0.29, 0.717) is 79.3 Å². The molecule has 0 spiro atoms. The number of nitrogens with two attached hydrogens (primary N) is 2. The average molecular weight is 960 g/mol. The summed E-state index contributed by atoms with van der Waals surface area (Å²) >= 11 is 0. The number of imidazole rings is 1. The van der Waals surface area contributed by atoms with E-state index in [2.05, 4.69) is 35.0 Å². The van der Waals surface area contributed by atoms with Crippen molar-refractivity contribution in [3.63, 3.8) is 0 Å². The van der Waals surface area contributed by atoms with E-state index in [1.807, 2.05) is 0 Å². The molecule has 0 saturated heterocycles. The number of nitrogens with zero attached hydrogens (tertiary/aromatic N) is 5. The first-order valence-electron chi connectivity index (χ1n) is 20.6. The molecule has 0 bridgehead atoms. The Bertz CT molecular complexity index is 2470. The third-order valence-corrected chi connectivity index (χ3v) is 13.7. The van der Waals surface area contributed by atoms with Gasteiger partial charge in [0, 0.05) is 0 Å². The molecule has 22 nitrogen and oxygen atoms in total. The molecule has 0 aliphatic carbocycles. The Balaban J connectivity index is 0.000000454. The van der Waals surface area contributed by atoms with Crippen molar-refractivity contribution in [1.82, 2.24) is 34.7 Å². The first-order valence-corrected chi connectivity index (χ1v) is 23.6. The van der Waals surface area contributed by atoms with E-state index in [1.165, 1.54) is 34.6 Å². The number of hydrogen-bond acceptors (Lipinski definition) is 16. The fourth-order valence-corrected chi connectivity index (χ4v) is 9.77. The number of likely N-dealkylation sites (N-methyl/N-ethyl adjacent to an activating group) is 1. The van der Waals surface area contributed by atoms with Crippen LogP contribution >= 0.6 is 0 Å². The number of hydroxylamine groups is 2. The minimum absolute atomic E-state index is 0.0130. The van der Waals surface area contributed by atoms with Crippen LogP contribution in [0.1, 0.15) is 69.7 Å². The van der Waals surface area contributed by atoms with Crippen LogP contribution in [0.2, 0.25) is 0 Å². The van der Waals surface area contributed by atoms with Crippen molar-refractivity contribution in [2.75, 3.05) is 54.4 Å². The van der Waals surface area contributed by atoms with E-state index in [1.54, 1.807) is 71.5 Å². The minimum Gasteiger partial charge on any atom is -0.0380 e. The van der Waals surface area contributed by atoms with Crippen molar-refractivity contribution in [1.29, 1.82) is 0 Å². The summed E-state index contributed by atoms with van der Waals surface area (Å²) in [7, 11) is 1.01. The molecule has 8 N–H and O–H groups in total. The van der Waals surface area contributed by atoms with Gasteiger partial charge in [-0.15, -0.1) is 0 Å². The molecule has 3 aromatic rings. The van der Waals surface area contributed by atoms with E-state index in [9.17, 15) is 35.8 Å². The molecule has 2 unspecified atom stereocenters. The Morgan fingerprint density at radius 3 is 1.56 bits per heavy atom. The summed E-state index contributed by atoms with van der Waals surface area (Å²) in [6.07, 6.45) is 4.77. The van der Waals surface area contributed by atoms with E-state index in [0.717, 1.165) is 10.6 Å². The number of carbonyl (C=O) groups is 2. The van der Waals surface area contributed by atoms with Crippen molar-refractivity contribution in [3.8, 4) is 11.5 Å². The molecule has 2 atom stereocenters. The Morgan fingerprint density at radius 1 is 0.758 bits per heavy atom. The number of aliphatic imine (C=N–C) groups is 2. The molecule has 1 heterocycles. The first-order chi connectivity index (χ1) is 31.0. The van der Waals surface area contributed by atoms with E-state index in [4.69, 9.17) is 25.8 Å². The van der Waals surface area contributed by atoms with Gasteiger partial charge in [0.05, 0.1) is 14.2 Å². The second-order valence-electron chi connectivity index (χ2n) is 15.0. The monoisotopic (exact) mass is 959 g/mol. The second kappa shape index (κ2) is 26.6. The van der Waals surface area contributed by atoms with Crippen LogP contribution in [0.5, 0.6) is 11.5 Å². The standard InChI is InChI=1S/C21H31BN6O5S.C19H32BN5O6S/c1-13-11-17(33-5)14(2)15(3)19(13)34(31,32)27-21(23)25-8-6-7-16(26-12-22-30)18(29)20-24-9-10-28(20)4;1-12-10-16(30-5)13(2)14(3)17(12)32(28,29)24-19(21)22-9-7-8-15(23-11-20-27)18(26)25(4)31-6/h9-11,16,26H,6-8,12H2,1-5H3,(H3,23,25,27);10,15,23H,7-9,11H2,1-6H3,(H3,21,22,24). The van der Waals surface area contributed by atoms with Gasteiger partial charge in [0.1, 0.15) is 11.5 Å². The van der Waals surface area contributed by atoms with E-state index in [-0.39, 0.29) is 65.2 Å². The zero-order valence-corrected chi connectivity index (χ0v) is 41.1. The second-order valence-corrected chi connectivity index (χ2v) is 18.2. The van der Waals surface area contributed by atoms with Crippen LogP contribution < -0.4 is 41.0 Å². The number of carbonyl (C=O) groups excluding carboxylic acids is 2. The summed E-state index contributed by atoms with van der Waals surface area (Å²) in [5.41, 5.74) is 15.2. The quantitative estimate of drug-likeness (QED) is 0.0178. The van der Waals surface area contributed by atoms with Gasteiger partial charge in [-0.2, -0.15) is 0 Å². The number of sulfonamides is 2. The van der Waals surface area contributed by atoms with E-state index < -0.39 is 32.1 Å². The number of amides is 1. The summed E-state index contributed by atoms with van der Waals surface area (Å²) in [4.78, 5) is 42.3. The van der Waals surface area contributed by atoms with Crippen molar-refractivity contribution < 1.29 is 50.1 Å². The zero-order valence-electron chi connectivity index (χ0n) is 39.5. The minimum atomic E-state index is -3.96. The molecule has 26 heteroatoms. The van der Waals surface area contributed by atoms with E-state index >= 15 is 0 Å². The maximum atomic E-state index is 12.9. The van der Waals surface area contributed by atoms with Gasteiger partial charge in [0.15, 0.2) is 0 Å². The topological polar surface area (TPSA) is 310 Å². The molecule has 2 aromatic carbocycles. The van der Waals surface area contributed by atoms with Crippen molar-refractivity contribution in [2.24, 2.45) is 28.5 Å². The Morgan fingerprint density at radius 2 is 1.18 bits per heavy atom. The number of rotatable bonds is 24. The fraction of sp³-hybridized carbons (Fsp3) is 0.525. The third-order valence-electron chi connectivity index (χ3n) is 10.4. The number of methoxy groups -OCH3 is 2. The summed E-state index contributed by atoms with van der Waals surface area (Å²) in [6.45, 7) is 10.7. The van der Waals surface area contributed by atoms with Crippen molar-refractivity contribution in [2.45, 2.75) is 89.1 Å². The summed E-state index contributed by atoms with van der Waals surface area (Å²) in [6, 6.07) is 2.04. The van der Waals surface area contributed by atoms with Gasteiger partial charge in [-0.05, 0) is 64.8 Å². The first kappa shape index (κ1) is 56.6. The Hall–Kier alpha value is -5.56. The molecule has 1 amide bonds. The normalized spacial score (nSPS) is 12.8. The number of benzene rings is 2. The predicted octanol–water partition coefficient (Wildman–Crippen LogP) is 0.554. The summed E-state index contributed by atoms with van der Waals surface area (Å²) in [5, 5.41) is 6.77. The SMILES string of the molecule is COc1cc(C)c(S(=O)(=O)NC(N)=NCCCC(NCB=O)C(=O)N(C)OC)c(C)c1C.COc1cc(C)c(S(=O)(=O)NC(N)=NCCCC(NCB=O)C(=O)c2nccn2C)c(C)c1C. The molecule has 0 aliphatic heterocycles.